The van der Waals surface area contributed by atoms with Gasteiger partial charge in [-0.3, -0.25) is 37.3 Å². The number of rotatable bonds is 69. The van der Waals surface area contributed by atoms with Crippen molar-refractivity contribution in [1.29, 1.82) is 0 Å². The van der Waals surface area contributed by atoms with E-state index in [0.717, 1.165) is 193 Å². The predicted octanol–water partition coefficient (Wildman–Crippen LogP) is 21.0. The standard InChI is InChI=1S/C77H132O17P2/c1-5-9-13-17-21-25-29-33-34-35-36-40-42-46-50-54-58-62-75(80)88-68-73(94-77(82)64-60-56-52-48-44-39-32-28-24-20-16-12-8-4)70-92-96(85,86)90-66-71(78)65-89-95(83,84)91-69-72(93-76(81)63-59-55-51-47-43-38-31-27-23-19-15-11-7-3)67-87-74(79)61-57-53-49-45-41-37-30-26-22-18-14-10-6-2/h9,13-15,18-19,21,25-28,30-34,36,40,71-73,78H,5-8,10-12,16-17,20,22-24,29,35,37-39,41-70H2,1-4H3,(H,83,84)(H,85,86)/b13-9-,18-14-,19-15-,25-21-,30-26-,31-27-,32-28-,34-33-,40-36-. The lowest BCUT2D eigenvalue weighted by molar-refractivity contribution is -0.161. The van der Waals surface area contributed by atoms with Crippen molar-refractivity contribution in [2.24, 2.45) is 0 Å². The van der Waals surface area contributed by atoms with Gasteiger partial charge in [-0.15, -0.1) is 0 Å². The summed E-state index contributed by atoms with van der Waals surface area (Å²) in [6.45, 7) is 4.54. The smallest absolute Gasteiger partial charge is 0.462 e. The maximum atomic E-state index is 13.1. The van der Waals surface area contributed by atoms with Gasteiger partial charge in [0, 0.05) is 25.7 Å². The number of phosphoric ester groups is 2. The molecule has 96 heavy (non-hydrogen) atoms. The third kappa shape index (κ3) is 68.3. The van der Waals surface area contributed by atoms with E-state index in [2.05, 4.69) is 137 Å². The second-order valence-corrected chi connectivity index (χ2v) is 27.4. The summed E-state index contributed by atoms with van der Waals surface area (Å²) in [5, 5.41) is 10.6. The first-order valence-corrected chi connectivity index (χ1v) is 40.1. The van der Waals surface area contributed by atoms with Crippen LogP contribution < -0.4 is 0 Å². The normalized spacial score (nSPS) is 14.6. The lowest BCUT2D eigenvalue weighted by Crippen LogP contribution is -2.30. The van der Waals surface area contributed by atoms with Crippen LogP contribution in [0.1, 0.15) is 297 Å². The molecule has 0 saturated heterocycles. The van der Waals surface area contributed by atoms with Crippen molar-refractivity contribution in [3.8, 4) is 0 Å². The van der Waals surface area contributed by atoms with Crippen LogP contribution >= 0.6 is 15.6 Å². The van der Waals surface area contributed by atoms with E-state index in [1.54, 1.807) is 0 Å². The van der Waals surface area contributed by atoms with Gasteiger partial charge in [0.2, 0.25) is 0 Å². The molecule has 0 aliphatic rings. The number of allylic oxidation sites excluding steroid dienone is 18. The molecule has 0 aromatic carbocycles. The Kier molecular flexibility index (Phi) is 66.1. The zero-order chi connectivity index (χ0) is 70.4. The van der Waals surface area contributed by atoms with Gasteiger partial charge >= 0.3 is 39.5 Å². The lowest BCUT2D eigenvalue weighted by Gasteiger charge is -2.21. The SMILES string of the molecule is CC/C=C\C/C=C\C/C=C\C/C=C\CCCCCCC(=O)OCC(COP(=O)(O)OCC(O)COP(=O)(O)OCC(COC(=O)CCCCCCC/C=C\C/C=C\CCC)OC(=O)CCCCCCC/C=C\C/C=C\CCC)OC(=O)CCCCCCC/C=C\CCCCCC. The van der Waals surface area contributed by atoms with Crippen LogP contribution in [0.3, 0.4) is 0 Å². The minimum Gasteiger partial charge on any atom is -0.462 e. The van der Waals surface area contributed by atoms with Gasteiger partial charge in [-0.1, -0.05) is 240 Å². The molecule has 0 spiro atoms. The maximum absolute atomic E-state index is 13.1. The van der Waals surface area contributed by atoms with Crippen molar-refractivity contribution < 1.29 is 80.2 Å². The number of esters is 4. The highest BCUT2D eigenvalue weighted by Crippen LogP contribution is 2.45. The van der Waals surface area contributed by atoms with Gasteiger partial charge in [-0.05, 0) is 141 Å². The van der Waals surface area contributed by atoms with Crippen LogP contribution in [0.15, 0.2) is 109 Å². The fraction of sp³-hybridized carbons (Fsp3) is 0.714. The molecule has 5 atom stereocenters. The number of phosphoric acid groups is 2. The number of ether oxygens (including phenoxy) is 4. The lowest BCUT2D eigenvalue weighted by atomic mass is 10.1. The zero-order valence-electron chi connectivity index (χ0n) is 60.0. The van der Waals surface area contributed by atoms with E-state index in [0.29, 0.717) is 25.7 Å². The summed E-state index contributed by atoms with van der Waals surface area (Å²) in [7, 11) is -9.96. The van der Waals surface area contributed by atoms with Crippen LogP contribution in [0.5, 0.6) is 0 Å². The van der Waals surface area contributed by atoms with Crippen LogP contribution in [0.2, 0.25) is 0 Å². The minimum atomic E-state index is -4.98. The van der Waals surface area contributed by atoms with Crippen LogP contribution in [0.25, 0.3) is 0 Å². The quantitative estimate of drug-likeness (QED) is 0.0169. The fourth-order valence-corrected chi connectivity index (χ4v) is 11.1. The van der Waals surface area contributed by atoms with E-state index in [1.807, 2.05) is 0 Å². The van der Waals surface area contributed by atoms with Crippen molar-refractivity contribution in [1.82, 2.24) is 0 Å². The number of hydrogen-bond acceptors (Lipinski definition) is 15. The Hall–Kier alpha value is -4.28. The summed E-state index contributed by atoms with van der Waals surface area (Å²) in [4.78, 5) is 72.7. The van der Waals surface area contributed by atoms with Gasteiger partial charge in [0.05, 0.1) is 26.4 Å². The van der Waals surface area contributed by atoms with Crippen LogP contribution in [0, 0.1) is 0 Å². The fourth-order valence-electron chi connectivity index (χ4n) is 9.52. The van der Waals surface area contributed by atoms with Gasteiger partial charge in [-0.2, -0.15) is 0 Å². The number of aliphatic hydroxyl groups is 1. The zero-order valence-corrected chi connectivity index (χ0v) is 61.8. The molecular formula is C77H132O17P2. The molecule has 552 valence electrons. The van der Waals surface area contributed by atoms with E-state index in [9.17, 15) is 43.2 Å². The highest BCUT2D eigenvalue weighted by Gasteiger charge is 2.30. The molecule has 0 radical (unpaired) electrons. The van der Waals surface area contributed by atoms with Gasteiger partial charge in [0.15, 0.2) is 12.2 Å². The molecule has 0 aromatic rings. The molecule has 3 N–H and O–H groups in total. The molecule has 19 heteroatoms. The average Bonchev–Trinajstić information content (AvgIpc) is 3.12. The number of aliphatic hydroxyl groups excluding tert-OH is 1. The van der Waals surface area contributed by atoms with Gasteiger partial charge in [-0.25, -0.2) is 9.13 Å². The van der Waals surface area contributed by atoms with Gasteiger partial charge in [0.1, 0.15) is 19.3 Å². The first kappa shape index (κ1) is 91.7. The molecule has 0 aliphatic carbocycles. The van der Waals surface area contributed by atoms with E-state index >= 15 is 0 Å². The summed E-state index contributed by atoms with van der Waals surface area (Å²) in [6, 6.07) is 0. The van der Waals surface area contributed by atoms with Crippen molar-refractivity contribution in [2.45, 2.75) is 316 Å². The molecule has 17 nitrogen and oxygen atoms in total. The largest absolute Gasteiger partial charge is 0.472 e. The highest BCUT2D eigenvalue weighted by atomic mass is 31.2. The first-order chi connectivity index (χ1) is 46.7. The number of carbonyl (C=O) groups excluding carboxylic acids is 4. The topological polar surface area (TPSA) is 237 Å². The summed E-state index contributed by atoms with van der Waals surface area (Å²) in [5.74, 6) is -2.24. The summed E-state index contributed by atoms with van der Waals surface area (Å²) in [5.41, 5.74) is 0. The van der Waals surface area contributed by atoms with Crippen LogP contribution in [-0.2, 0) is 65.4 Å². The average molecular weight is 1390 g/mol. The molecule has 5 unspecified atom stereocenters. The first-order valence-electron chi connectivity index (χ1n) is 37.1. The Morgan fingerprint density at radius 1 is 0.302 bits per heavy atom. The Morgan fingerprint density at radius 2 is 0.562 bits per heavy atom. The van der Waals surface area contributed by atoms with Crippen LogP contribution in [-0.4, -0.2) is 96.7 Å². The third-order valence-corrected chi connectivity index (χ3v) is 17.1. The van der Waals surface area contributed by atoms with E-state index in [1.165, 1.54) is 25.7 Å². The summed E-state index contributed by atoms with van der Waals surface area (Å²) in [6.07, 6.45) is 72.3. The number of unbranched alkanes of at least 4 members (excludes halogenated alkanes) is 25. The van der Waals surface area contributed by atoms with Crippen LogP contribution in [0.4, 0.5) is 0 Å². The Labute approximate surface area is 581 Å². The van der Waals surface area contributed by atoms with E-state index in [4.69, 9.17) is 37.0 Å². The molecule has 0 saturated carbocycles. The molecule has 0 rings (SSSR count). The van der Waals surface area contributed by atoms with Crippen molar-refractivity contribution in [3.63, 3.8) is 0 Å². The Morgan fingerprint density at radius 3 is 0.885 bits per heavy atom. The van der Waals surface area contributed by atoms with Crippen molar-refractivity contribution in [3.05, 3.63) is 109 Å². The summed E-state index contributed by atoms with van der Waals surface area (Å²) < 4.78 is 68.3. The molecule has 0 aromatic heterocycles. The highest BCUT2D eigenvalue weighted by molar-refractivity contribution is 7.47. The predicted molar refractivity (Wildman–Crippen MR) is 390 cm³/mol. The van der Waals surface area contributed by atoms with E-state index < -0.39 is 97.5 Å². The Balaban J connectivity index is 5.37. The molecule has 0 fully saturated rings. The van der Waals surface area contributed by atoms with E-state index in [-0.39, 0.29) is 25.7 Å². The summed E-state index contributed by atoms with van der Waals surface area (Å²) >= 11 is 0. The number of carbonyl (C=O) groups is 4. The second kappa shape index (κ2) is 69.2. The maximum Gasteiger partial charge on any atom is 0.472 e. The van der Waals surface area contributed by atoms with Gasteiger partial charge < -0.3 is 33.8 Å². The van der Waals surface area contributed by atoms with Crippen molar-refractivity contribution >= 4 is 39.5 Å². The Bertz CT molecular complexity index is 2250. The molecule has 0 amide bonds. The van der Waals surface area contributed by atoms with Crippen molar-refractivity contribution in [2.75, 3.05) is 39.6 Å². The molecule has 0 bridgehead atoms. The monoisotopic (exact) mass is 1390 g/mol. The third-order valence-electron chi connectivity index (χ3n) is 15.2. The molecule has 0 aliphatic heterocycles. The number of hydrogen-bond donors (Lipinski definition) is 3. The molecule has 0 heterocycles. The van der Waals surface area contributed by atoms with Gasteiger partial charge in [0.25, 0.3) is 0 Å². The minimum absolute atomic E-state index is 0.0742. The second-order valence-electron chi connectivity index (χ2n) is 24.5. The molecular weight excluding hydrogens is 1260 g/mol.